The SMILES string of the molecule is O=C(Nc1ccc(-c2ccc([N+](=O)[O-])cc2)cc1)C1CC1. The molecule has 5 nitrogen and oxygen atoms in total. The third kappa shape index (κ3) is 3.08. The molecule has 1 aliphatic rings. The van der Waals surface area contributed by atoms with Crippen molar-refractivity contribution < 1.29 is 9.72 Å². The van der Waals surface area contributed by atoms with E-state index in [9.17, 15) is 14.9 Å². The van der Waals surface area contributed by atoms with E-state index in [2.05, 4.69) is 5.32 Å². The van der Waals surface area contributed by atoms with Crippen molar-refractivity contribution in [1.29, 1.82) is 0 Å². The highest BCUT2D eigenvalue weighted by atomic mass is 16.6. The van der Waals surface area contributed by atoms with Gasteiger partial charge in [0, 0.05) is 23.7 Å². The van der Waals surface area contributed by atoms with Crippen LogP contribution in [0.4, 0.5) is 11.4 Å². The topological polar surface area (TPSA) is 72.2 Å². The van der Waals surface area contributed by atoms with Gasteiger partial charge in [0.2, 0.25) is 5.91 Å². The number of carbonyl (C=O) groups excluding carboxylic acids is 1. The van der Waals surface area contributed by atoms with Gasteiger partial charge in [0.1, 0.15) is 0 Å². The Morgan fingerprint density at radius 1 is 1.00 bits per heavy atom. The number of benzene rings is 2. The Morgan fingerprint density at radius 3 is 2.00 bits per heavy atom. The van der Waals surface area contributed by atoms with Gasteiger partial charge >= 0.3 is 0 Å². The van der Waals surface area contributed by atoms with E-state index in [4.69, 9.17) is 0 Å². The van der Waals surface area contributed by atoms with E-state index < -0.39 is 4.92 Å². The molecule has 0 atom stereocenters. The summed E-state index contributed by atoms with van der Waals surface area (Å²) in [6.07, 6.45) is 1.96. The number of anilines is 1. The van der Waals surface area contributed by atoms with Gasteiger partial charge in [0.15, 0.2) is 0 Å². The van der Waals surface area contributed by atoms with Crippen molar-refractivity contribution in [1.82, 2.24) is 0 Å². The van der Waals surface area contributed by atoms with Crippen LogP contribution in [0.2, 0.25) is 0 Å². The number of amides is 1. The summed E-state index contributed by atoms with van der Waals surface area (Å²) >= 11 is 0. The van der Waals surface area contributed by atoms with Crippen molar-refractivity contribution in [2.45, 2.75) is 12.8 Å². The van der Waals surface area contributed by atoms with E-state index in [1.54, 1.807) is 12.1 Å². The van der Waals surface area contributed by atoms with Gasteiger partial charge in [-0.3, -0.25) is 14.9 Å². The minimum absolute atomic E-state index is 0.0760. The summed E-state index contributed by atoms with van der Waals surface area (Å²) in [4.78, 5) is 21.9. The van der Waals surface area contributed by atoms with Gasteiger partial charge < -0.3 is 5.32 Å². The minimum atomic E-state index is -0.416. The normalized spacial score (nSPS) is 13.7. The summed E-state index contributed by atoms with van der Waals surface area (Å²) in [5.74, 6) is 0.262. The number of non-ortho nitro benzene ring substituents is 1. The lowest BCUT2D eigenvalue weighted by Gasteiger charge is -2.06. The highest BCUT2D eigenvalue weighted by Gasteiger charge is 2.29. The van der Waals surface area contributed by atoms with Crippen LogP contribution >= 0.6 is 0 Å². The fourth-order valence-corrected chi connectivity index (χ4v) is 2.11. The summed E-state index contributed by atoms with van der Waals surface area (Å²) < 4.78 is 0. The summed E-state index contributed by atoms with van der Waals surface area (Å²) in [6.45, 7) is 0. The smallest absolute Gasteiger partial charge is 0.269 e. The predicted molar refractivity (Wildman–Crippen MR) is 79.9 cm³/mol. The maximum Gasteiger partial charge on any atom is 0.269 e. The van der Waals surface area contributed by atoms with E-state index in [-0.39, 0.29) is 17.5 Å². The molecule has 0 aliphatic heterocycles. The van der Waals surface area contributed by atoms with Crippen LogP contribution in [0, 0.1) is 16.0 Å². The number of hydrogen-bond donors (Lipinski definition) is 1. The number of carbonyl (C=O) groups is 1. The number of nitro benzene ring substituents is 1. The molecule has 1 aliphatic carbocycles. The van der Waals surface area contributed by atoms with Crippen molar-refractivity contribution in [3.05, 3.63) is 58.6 Å². The quantitative estimate of drug-likeness (QED) is 0.687. The molecule has 2 aromatic rings. The molecule has 5 heteroatoms. The zero-order valence-corrected chi connectivity index (χ0v) is 11.3. The summed E-state index contributed by atoms with van der Waals surface area (Å²) in [5, 5.41) is 13.5. The number of nitrogens with zero attached hydrogens (tertiary/aromatic N) is 1. The van der Waals surface area contributed by atoms with Crippen LogP contribution in [-0.4, -0.2) is 10.8 Å². The van der Waals surface area contributed by atoms with Crippen molar-refractivity contribution >= 4 is 17.3 Å². The number of nitro groups is 1. The van der Waals surface area contributed by atoms with Gasteiger partial charge in [-0.15, -0.1) is 0 Å². The molecule has 0 radical (unpaired) electrons. The second kappa shape index (κ2) is 5.36. The third-order valence-electron chi connectivity index (χ3n) is 3.51. The molecule has 0 unspecified atom stereocenters. The Bertz CT molecular complexity index is 674. The first-order valence-electron chi connectivity index (χ1n) is 6.79. The zero-order valence-electron chi connectivity index (χ0n) is 11.3. The van der Waals surface area contributed by atoms with Crippen molar-refractivity contribution in [3.63, 3.8) is 0 Å². The monoisotopic (exact) mass is 282 g/mol. The Hall–Kier alpha value is -2.69. The molecule has 2 aromatic carbocycles. The summed E-state index contributed by atoms with van der Waals surface area (Å²) in [5.41, 5.74) is 2.71. The maximum atomic E-state index is 11.7. The molecule has 0 aromatic heterocycles. The van der Waals surface area contributed by atoms with Crippen molar-refractivity contribution in [3.8, 4) is 11.1 Å². The number of nitrogens with one attached hydrogen (secondary N) is 1. The molecule has 0 saturated heterocycles. The van der Waals surface area contributed by atoms with Crippen LogP contribution in [0.1, 0.15) is 12.8 Å². The van der Waals surface area contributed by atoms with Gasteiger partial charge in [0.25, 0.3) is 5.69 Å². The van der Waals surface area contributed by atoms with Crippen LogP contribution in [0.25, 0.3) is 11.1 Å². The van der Waals surface area contributed by atoms with Crippen molar-refractivity contribution in [2.75, 3.05) is 5.32 Å². The molecule has 1 amide bonds. The standard InChI is InChI=1S/C16H14N2O3/c19-16(13-1-2-13)17-14-7-3-11(4-8-14)12-5-9-15(10-6-12)18(20)21/h3-10,13H,1-2H2,(H,17,19). The van der Waals surface area contributed by atoms with Crippen molar-refractivity contribution in [2.24, 2.45) is 5.92 Å². The van der Waals surface area contributed by atoms with Gasteiger partial charge in [0.05, 0.1) is 4.92 Å². The van der Waals surface area contributed by atoms with E-state index in [1.807, 2.05) is 24.3 Å². The number of rotatable bonds is 4. The van der Waals surface area contributed by atoms with Crippen LogP contribution in [0.5, 0.6) is 0 Å². The van der Waals surface area contributed by atoms with Crippen LogP contribution < -0.4 is 5.32 Å². The molecule has 1 saturated carbocycles. The van der Waals surface area contributed by atoms with E-state index in [0.29, 0.717) is 0 Å². The number of hydrogen-bond acceptors (Lipinski definition) is 3. The lowest BCUT2D eigenvalue weighted by atomic mass is 10.1. The van der Waals surface area contributed by atoms with E-state index in [1.165, 1.54) is 12.1 Å². The molecular formula is C16H14N2O3. The first-order valence-corrected chi connectivity index (χ1v) is 6.79. The molecule has 1 fully saturated rings. The second-order valence-corrected chi connectivity index (χ2v) is 5.14. The highest BCUT2D eigenvalue weighted by molar-refractivity contribution is 5.94. The lowest BCUT2D eigenvalue weighted by Crippen LogP contribution is -2.12. The Labute approximate surface area is 121 Å². The largest absolute Gasteiger partial charge is 0.326 e. The average Bonchev–Trinajstić information content (AvgIpc) is 3.33. The fraction of sp³-hybridized carbons (Fsp3) is 0.188. The molecule has 0 spiro atoms. The molecule has 3 rings (SSSR count). The summed E-state index contributed by atoms with van der Waals surface area (Å²) in [7, 11) is 0. The fourth-order valence-electron chi connectivity index (χ4n) is 2.11. The summed E-state index contributed by atoms with van der Waals surface area (Å²) in [6, 6.07) is 13.9. The molecule has 106 valence electrons. The molecule has 21 heavy (non-hydrogen) atoms. The molecule has 1 N–H and O–H groups in total. The molecular weight excluding hydrogens is 268 g/mol. The van der Waals surface area contributed by atoms with Crippen LogP contribution in [-0.2, 0) is 4.79 Å². The van der Waals surface area contributed by atoms with E-state index >= 15 is 0 Å². The second-order valence-electron chi connectivity index (χ2n) is 5.14. The first kappa shape index (κ1) is 13.3. The first-order chi connectivity index (χ1) is 10.1. The minimum Gasteiger partial charge on any atom is -0.326 e. The van der Waals surface area contributed by atoms with Gasteiger partial charge in [-0.1, -0.05) is 12.1 Å². The Kier molecular flexibility index (Phi) is 3.39. The van der Waals surface area contributed by atoms with Crippen LogP contribution in [0.15, 0.2) is 48.5 Å². The van der Waals surface area contributed by atoms with Gasteiger partial charge in [-0.05, 0) is 48.2 Å². The molecule has 0 heterocycles. The third-order valence-corrected chi connectivity index (χ3v) is 3.51. The molecule has 0 bridgehead atoms. The predicted octanol–water partition coefficient (Wildman–Crippen LogP) is 3.61. The van der Waals surface area contributed by atoms with E-state index in [0.717, 1.165) is 29.7 Å². The Morgan fingerprint density at radius 2 is 1.52 bits per heavy atom. The van der Waals surface area contributed by atoms with Gasteiger partial charge in [-0.2, -0.15) is 0 Å². The maximum absolute atomic E-state index is 11.7. The zero-order chi connectivity index (χ0) is 14.8. The lowest BCUT2D eigenvalue weighted by molar-refractivity contribution is -0.384. The van der Waals surface area contributed by atoms with Crippen LogP contribution in [0.3, 0.4) is 0 Å². The Balaban J connectivity index is 1.73. The van der Waals surface area contributed by atoms with Gasteiger partial charge in [-0.25, -0.2) is 0 Å². The average molecular weight is 282 g/mol. The highest BCUT2D eigenvalue weighted by Crippen LogP contribution is 2.30.